The Morgan fingerprint density at radius 2 is 1.89 bits per heavy atom. The Bertz CT molecular complexity index is 604. The molecule has 3 N–H and O–H groups in total. The minimum Gasteiger partial charge on any atom is -0.468 e. The molecule has 28 heavy (non-hydrogen) atoms. The van der Waals surface area contributed by atoms with Crippen molar-refractivity contribution in [2.75, 3.05) is 39.8 Å². The average molecular weight is 390 g/mol. The molecule has 1 saturated heterocycles. The van der Waals surface area contributed by atoms with Crippen LogP contribution >= 0.6 is 0 Å². The Balaban J connectivity index is 1.39. The SMILES string of the molecule is CN=C(NCCNC(=O)C1CCCCC1)NCC(c1ccco1)N1CCCC1. The van der Waals surface area contributed by atoms with Gasteiger partial charge in [-0.05, 0) is 50.9 Å². The van der Waals surface area contributed by atoms with Crippen molar-refractivity contribution in [3.63, 3.8) is 0 Å². The molecule has 7 nitrogen and oxygen atoms in total. The molecule has 0 bridgehead atoms. The molecule has 0 aromatic carbocycles. The van der Waals surface area contributed by atoms with E-state index in [1.165, 1.54) is 32.1 Å². The maximum atomic E-state index is 12.2. The Labute approximate surface area is 168 Å². The van der Waals surface area contributed by atoms with Crippen LogP contribution in [0.25, 0.3) is 0 Å². The van der Waals surface area contributed by atoms with E-state index in [1.54, 1.807) is 13.3 Å². The van der Waals surface area contributed by atoms with Gasteiger partial charge in [-0.25, -0.2) is 0 Å². The lowest BCUT2D eigenvalue weighted by molar-refractivity contribution is -0.125. The zero-order valence-electron chi connectivity index (χ0n) is 17.1. The van der Waals surface area contributed by atoms with E-state index in [1.807, 2.05) is 12.1 Å². The highest BCUT2D eigenvalue weighted by Crippen LogP contribution is 2.25. The van der Waals surface area contributed by atoms with E-state index in [2.05, 4.69) is 25.8 Å². The van der Waals surface area contributed by atoms with Crippen molar-refractivity contribution in [3.05, 3.63) is 24.2 Å². The standard InChI is InChI=1S/C21H35N5O2/c1-22-21(24-12-11-23-20(27)17-8-3-2-4-9-17)25-16-18(19-10-7-15-28-19)26-13-5-6-14-26/h7,10,15,17-18H,2-6,8-9,11-14,16H2,1H3,(H,23,27)(H2,22,24,25). The third kappa shape index (κ3) is 5.99. The van der Waals surface area contributed by atoms with E-state index in [0.717, 1.165) is 44.2 Å². The lowest BCUT2D eigenvalue weighted by atomic mass is 9.89. The topological polar surface area (TPSA) is 81.9 Å². The van der Waals surface area contributed by atoms with Crippen LogP contribution in [0.4, 0.5) is 0 Å². The van der Waals surface area contributed by atoms with Gasteiger partial charge < -0.3 is 20.4 Å². The molecule has 156 valence electrons. The first-order valence-electron chi connectivity index (χ1n) is 10.8. The predicted octanol–water partition coefficient (Wildman–Crippen LogP) is 2.28. The van der Waals surface area contributed by atoms with E-state index >= 15 is 0 Å². The molecule has 3 rings (SSSR count). The summed E-state index contributed by atoms with van der Waals surface area (Å²) >= 11 is 0. The number of furan rings is 1. The first-order valence-corrected chi connectivity index (χ1v) is 10.8. The van der Waals surface area contributed by atoms with Crippen molar-refractivity contribution >= 4 is 11.9 Å². The highest BCUT2D eigenvalue weighted by atomic mass is 16.3. The number of hydrogen-bond acceptors (Lipinski definition) is 4. The monoisotopic (exact) mass is 389 g/mol. The van der Waals surface area contributed by atoms with Crippen LogP contribution in [0.3, 0.4) is 0 Å². The Morgan fingerprint density at radius 1 is 1.14 bits per heavy atom. The molecule has 1 aliphatic heterocycles. The number of carbonyl (C=O) groups is 1. The first kappa shape index (κ1) is 20.7. The molecule has 1 unspecified atom stereocenters. The van der Waals surface area contributed by atoms with Crippen LogP contribution in [0, 0.1) is 5.92 Å². The summed E-state index contributed by atoms with van der Waals surface area (Å²) < 4.78 is 5.67. The fraction of sp³-hybridized carbons (Fsp3) is 0.714. The van der Waals surface area contributed by atoms with E-state index < -0.39 is 0 Å². The Kier molecular flexibility index (Phi) is 8.21. The van der Waals surface area contributed by atoms with Gasteiger partial charge in [0.2, 0.25) is 5.91 Å². The molecule has 1 aliphatic carbocycles. The summed E-state index contributed by atoms with van der Waals surface area (Å²) in [6.07, 6.45) is 9.92. The Hall–Kier alpha value is -2.02. The van der Waals surface area contributed by atoms with Crippen LogP contribution in [-0.4, -0.2) is 56.5 Å². The zero-order valence-corrected chi connectivity index (χ0v) is 17.1. The maximum absolute atomic E-state index is 12.2. The number of amides is 1. The van der Waals surface area contributed by atoms with Gasteiger partial charge in [-0.15, -0.1) is 0 Å². The smallest absolute Gasteiger partial charge is 0.223 e. The van der Waals surface area contributed by atoms with Crippen LogP contribution in [-0.2, 0) is 4.79 Å². The second-order valence-electron chi connectivity index (χ2n) is 7.78. The summed E-state index contributed by atoms with van der Waals surface area (Å²) in [7, 11) is 1.77. The van der Waals surface area contributed by atoms with E-state index in [-0.39, 0.29) is 17.9 Å². The summed E-state index contributed by atoms with van der Waals surface area (Å²) in [5.74, 6) is 2.16. The van der Waals surface area contributed by atoms with Gasteiger partial charge in [0.05, 0.1) is 12.3 Å². The van der Waals surface area contributed by atoms with Crippen LogP contribution < -0.4 is 16.0 Å². The number of nitrogens with zero attached hydrogens (tertiary/aromatic N) is 2. The molecule has 2 fully saturated rings. The van der Waals surface area contributed by atoms with Crippen LogP contribution in [0.5, 0.6) is 0 Å². The number of likely N-dealkylation sites (tertiary alicyclic amines) is 1. The highest BCUT2D eigenvalue weighted by molar-refractivity contribution is 5.80. The fourth-order valence-corrected chi connectivity index (χ4v) is 4.23. The molecule has 1 atom stereocenters. The van der Waals surface area contributed by atoms with Crippen molar-refractivity contribution in [2.24, 2.45) is 10.9 Å². The van der Waals surface area contributed by atoms with Crippen molar-refractivity contribution < 1.29 is 9.21 Å². The number of aliphatic imine (C=N–C) groups is 1. The number of carbonyl (C=O) groups excluding carboxylic acids is 1. The third-order valence-electron chi connectivity index (χ3n) is 5.83. The second-order valence-corrected chi connectivity index (χ2v) is 7.78. The minimum absolute atomic E-state index is 0.205. The largest absolute Gasteiger partial charge is 0.468 e. The molecule has 1 saturated carbocycles. The molecule has 7 heteroatoms. The van der Waals surface area contributed by atoms with Crippen molar-refractivity contribution in [3.8, 4) is 0 Å². The summed E-state index contributed by atoms with van der Waals surface area (Å²) in [6.45, 7) is 4.22. The summed E-state index contributed by atoms with van der Waals surface area (Å²) in [4.78, 5) is 19.0. The van der Waals surface area contributed by atoms with Crippen molar-refractivity contribution in [2.45, 2.75) is 51.0 Å². The van der Waals surface area contributed by atoms with Crippen LogP contribution in [0.2, 0.25) is 0 Å². The zero-order chi connectivity index (χ0) is 19.6. The van der Waals surface area contributed by atoms with Gasteiger partial charge in [0.15, 0.2) is 5.96 Å². The number of nitrogens with one attached hydrogen (secondary N) is 3. The summed E-state index contributed by atoms with van der Waals surface area (Å²) in [5, 5.41) is 9.76. The van der Waals surface area contributed by atoms with Gasteiger partial charge >= 0.3 is 0 Å². The summed E-state index contributed by atoms with van der Waals surface area (Å²) in [6, 6.07) is 4.20. The lowest BCUT2D eigenvalue weighted by Crippen LogP contribution is -2.45. The molecular formula is C21H35N5O2. The quantitative estimate of drug-likeness (QED) is 0.361. The molecule has 0 radical (unpaired) electrons. The Morgan fingerprint density at radius 3 is 2.57 bits per heavy atom. The molecule has 1 amide bonds. The molecule has 2 heterocycles. The normalized spacial score (nSPS) is 20.1. The van der Waals surface area contributed by atoms with E-state index in [0.29, 0.717) is 13.1 Å². The fourth-order valence-electron chi connectivity index (χ4n) is 4.23. The predicted molar refractivity (Wildman–Crippen MR) is 111 cm³/mol. The van der Waals surface area contributed by atoms with Crippen molar-refractivity contribution in [1.29, 1.82) is 0 Å². The highest BCUT2D eigenvalue weighted by Gasteiger charge is 2.25. The summed E-state index contributed by atoms with van der Waals surface area (Å²) in [5.41, 5.74) is 0. The number of guanidine groups is 1. The van der Waals surface area contributed by atoms with E-state index in [4.69, 9.17) is 4.42 Å². The van der Waals surface area contributed by atoms with Gasteiger partial charge in [0, 0.05) is 32.6 Å². The van der Waals surface area contributed by atoms with Gasteiger partial charge in [-0.1, -0.05) is 19.3 Å². The molecule has 2 aliphatic rings. The van der Waals surface area contributed by atoms with Crippen molar-refractivity contribution in [1.82, 2.24) is 20.9 Å². The number of rotatable bonds is 8. The van der Waals surface area contributed by atoms with Gasteiger partial charge in [0.1, 0.15) is 5.76 Å². The number of hydrogen-bond donors (Lipinski definition) is 3. The average Bonchev–Trinajstić information content (AvgIpc) is 3.45. The first-order chi connectivity index (χ1) is 13.8. The van der Waals surface area contributed by atoms with Crippen LogP contribution in [0.1, 0.15) is 56.7 Å². The van der Waals surface area contributed by atoms with Gasteiger partial charge in [-0.2, -0.15) is 0 Å². The maximum Gasteiger partial charge on any atom is 0.223 e. The molecule has 1 aromatic rings. The van der Waals surface area contributed by atoms with Gasteiger partial charge in [0.25, 0.3) is 0 Å². The van der Waals surface area contributed by atoms with Gasteiger partial charge in [-0.3, -0.25) is 14.7 Å². The molecule has 0 spiro atoms. The molecule has 1 aromatic heterocycles. The minimum atomic E-state index is 0.205. The van der Waals surface area contributed by atoms with Crippen LogP contribution in [0.15, 0.2) is 27.8 Å². The second kappa shape index (κ2) is 11.1. The lowest BCUT2D eigenvalue weighted by Gasteiger charge is -2.26. The molecular weight excluding hydrogens is 354 g/mol. The van der Waals surface area contributed by atoms with E-state index in [9.17, 15) is 4.79 Å². The third-order valence-corrected chi connectivity index (χ3v) is 5.83.